The Kier molecular flexibility index (Phi) is 5.51. The summed E-state index contributed by atoms with van der Waals surface area (Å²) in [6, 6.07) is 7.60. The van der Waals surface area contributed by atoms with E-state index < -0.39 is 5.60 Å². The number of aromatic nitrogens is 4. The molecule has 2 aromatic heterocycles. The Morgan fingerprint density at radius 3 is 2.93 bits per heavy atom. The highest BCUT2D eigenvalue weighted by Gasteiger charge is 2.36. The number of carbonyl (C=O) groups excluding carboxylic acids is 1. The monoisotopic (exact) mass is 459 g/mol. The van der Waals surface area contributed by atoms with Crippen LogP contribution in [0.5, 0.6) is 0 Å². The summed E-state index contributed by atoms with van der Waals surface area (Å²) in [7, 11) is 0. The van der Waals surface area contributed by atoms with Crippen LogP contribution in [0.4, 0.5) is 0 Å². The van der Waals surface area contributed by atoms with Crippen LogP contribution in [0.15, 0.2) is 45.7 Å². The molecular weight excluding hydrogens is 438 g/mol. The number of aryl methyl sites for hydroxylation is 1. The molecule has 8 nitrogen and oxygen atoms in total. The highest BCUT2D eigenvalue weighted by Crippen LogP contribution is 2.32. The number of halogens is 1. The third-order valence-electron chi connectivity index (χ3n) is 5.37. The Balaban J connectivity index is 1.47. The summed E-state index contributed by atoms with van der Waals surface area (Å²) in [5, 5.41) is 23.5. The molecule has 29 heavy (non-hydrogen) atoms. The molecule has 0 radical (unpaired) electrons. The highest BCUT2D eigenvalue weighted by atomic mass is 79.9. The van der Waals surface area contributed by atoms with Crippen molar-refractivity contribution in [2.75, 3.05) is 13.1 Å². The van der Waals surface area contributed by atoms with Gasteiger partial charge in [-0.2, -0.15) is 0 Å². The van der Waals surface area contributed by atoms with E-state index in [0.29, 0.717) is 43.7 Å². The van der Waals surface area contributed by atoms with Crippen LogP contribution >= 0.6 is 15.9 Å². The summed E-state index contributed by atoms with van der Waals surface area (Å²) in [6.07, 6.45) is 5.07. The van der Waals surface area contributed by atoms with Gasteiger partial charge in [-0.05, 0) is 49.9 Å². The van der Waals surface area contributed by atoms with Gasteiger partial charge in [0.2, 0.25) is 5.91 Å². The van der Waals surface area contributed by atoms with Crippen LogP contribution in [0.25, 0.3) is 5.69 Å². The molecule has 152 valence electrons. The first-order valence-corrected chi connectivity index (χ1v) is 10.3. The molecule has 4 rings (SSSR count). The number of hydrogen-bond donors (Lipinski definition) is 1. The summed E-state index contributed by atoms with van der Waals surface area (Å²) in [6.45, 7) is 3.05. The van der Waals surface area contributed by atoms with E-state index in [1.807, 2.05) is 25.1 Å². The summed E-state index contributed by atoms with van der Waals surface area (Å²) in [5.41, 5.74) is 2.00. The zero-order valence-electron chi connectivity index (χ0n) is 16.1. The maximum Gasteiger partial charge on any atom is 0.228 e. The Morgan fingerprint density at radius 1 is 1.31 bits per heavy atom. The minimum absolute atomic E-state index is 0.0164. The minimum atomic E-state index is -1.11. The number of likely N-dealkylation sites (tertiary alicyclic amines) is 1. The predicted octanol–water partition coefficient (Wildman–Crippen LogP) is 2.77. The van der Waals surface area contributed by atoms with Gasteiger partial charge in [0, 0.05) is 23.6 Å². The van der Waals surface area contributed by atoms with Gasteiger partial charge in [-0.15, -0.1) is 5.10 Å². The van der Waals surface area contributed by atoms with Crippen molar-refractivity contribution >= 4 is 21.8 Å². The molecular formula is C20H22BrN5O3. The zero-order chi connectivity index (χ0) is 20.4. The van der Waals surface area contributed by atoms with E-state index in [4.69, 9.17) is 4.52 Å². The van der Waals surface area contributed by atoms with Crippen molar-refractivity contribution in [3.05, 3.63) is 58.1 Å². The maximum atomic E-state index is 12.5. The van der Waals surface area contributed by atoms with Crippen molar-refractivity contribution in [2.45, 2.75) is 38.2 Å². The summed E-state index contributed by atoms with van der Waals surface area (Å²) in [5.74, 6) is -0.0164. The van der Waals surface area contributed by atoms with Crippen LogP contribution in [0.2, 0.25) is 0 Å². The van der Waals surface area contributed by atoms with E-state index in [1.165, 1.54) is 6.26 Å². The van der Waals surface area contributed by atoms with Crippen LogP contribution in [0.1, 0.15) is 36.2 Å². The summed E-state index contributed by atoms with van der Waals surface area (Å²) < 4.78 is 7.48. The second-order valence-electron chi connectivity index (χ2n) is 7.41. The average molecular weight is 460 g/mol. The number of hydrogen-bond acceptors (Lipinski definition) is 6. The van der Waals surface area contributed by atoms with Gasteiger partial charge in [-0.25, -0.2) is 4.68 Å². The summed E-state index contributed by atoms with van der Waals surface area (Å²) >= 11 is 3.46. The second-order valence-corrected chi connectivity index (χ2v) is 8.33. The predicted molar refractivity (Wildman–Crippen MR) is 108 cm³/mol. The van der Waals surface area contributed by atoms with Crippen LogP contribution in [-0.4, -0.2) is 49.2 Å². The molecule has 0 bridgehead atoms. The maximum absolute atomic E-state index is 12.5. The number of amides is 1. The van der Waals surface area contributed by atoms with Crippen molar-refractivity contribution in [3.8, 4) is 5.69 Å². The van der Waals surface area contributed by atoms with Gasteiger partial charge in [0.1, 0.15) is 17.6 Å². The smallest absolute Gasteiger partial charge is 0.228 e. The van der Waals surface area contributed by atoms with Crippen LogP contribution in [0.3, 0.4) is 0 Å². The average Bonchev–Trinajstić information content (AvgIpc) is 3.33. The van der Waals surface area contributed by atoms with Gasteiger partial charge in [0.15, 0.2) is 0 Å². The van der Waals surface area contributed by atoms with Crippen LogP contribution in [0, 0.1) is 6.92 Å². The Hall–Kier alpha value is -2.52. The third kappa shape index (κ3) is 4.25. The molecule has 1 amide bonds. The summed E-state index contributed by atoms with van der Waals surface area (Å²) in [4.78, 5) is 14.3. The fraction of sp³-hybridized carbons (Fsp3) is 0.400. The minimum Gasteiger partial charge on any atom is -0.383 e. The number of benzene rings is 1. The van der Waals surface area contributed by atoms with E-state index in [-0.39, 0.29) is 12.3 Å². The fourth-order valence-corrected chi connectivity index (χ4v) is 4.17. The molecule has 1 aliphatic heterocycles. The van der Waals surface area contributed by atoms with E-state index in [2.05, 4.69) is 31.4 Å². The SMILES string of the molecule is Cc1cc(Br)ccc1-n1cc(C2(O)CCCN(C(=O)Cc3ccon3)CC2)nn1. The molecule has 0 aliphatic carbocycles. The van der Waals surface area contributed by atoms with E-state index in [1.54, 1.807) is 21.8 Å². The number of rotatable bonds is 4. The standard InChI is InChI=1S/C20H22BrN5O3/c1-14-11-15(21)3-4-17(14)26-13-18(22-24-26)20(28)6-2-8-25(9-7-20)19(27)12-16-5-10-29-23-16/h3-5,10-11,13,28H,2,6-9,12H2,1H3. The largest absolute Gasteiger partial charge is 0.383 e. The number of carbonyl (C=O) groups is 1. The van der Waals surface area contributed by atoms with E-state index in [9.17, 15) is 9.90 Å². The molecule has 3 heterocycles. The van der Waals surface area contributed by atoms with Crippen LogP contribution < -0.4 is 0 Å². The molecule has 1 aromatic carbocycles. The Labute approximate surface area is 176 Å². The molecule has 0 spiro atoms. The highest BCUT2D eigenvalue weighted by molar-refractivity contribution is 9.10. The van der Waals surface area contributed by atoms with E-state index in [0.717, 1.165) is 15.7 Å². The van der Waals surface area contributed by atoms with Gasteiger partial charge in [-0.3, -0.25) is 4.79 Å². The second kappa shape index (κ2) is 8.08. The quantitative estimate of drug-likeness (QED) is 0.643. The molecule has 1 aliphatic rings. The number of nitrogens with zero attached hydrogens (tertiary/aromatic N) is 5. The lowest BCUT2D eigenvalue weighted by Crippen LogP contribution is -2.34. The molecule has 1 fully saturated rings. The Morgan fingerprint density at radius 2 is 2.17 bits per heavy atom. The van der Waals surface area contributed by atoms with Gasteiger partial charge >= 0.3 is 0 Å². The normalized spacial score (nSPS) is 19.9. The molecule has 1 unspecified atom stereocenters. The van der Waals surface area contributed by atoms with Crippen LogP contribution in [-0.2, 0) is 16.8 Å². The van der Waals surface area contributed by atoms with Crippen molar-refractivity contribution in [3.63, 3.8) is 0 Å². The number of aliphatic hydroxyl groups is 1. The lowest BCUT2D eigenvalue weighted by Gasteiger charge is -2.24. The first-order valence-electron chi connectivity index (χ1n) is 9.53. The molecule has 1 saturated heterocycles. The van der Waals surface area contributed by atoms with Crippen molar-refractivity contribution in [1.82, 2.24) is 25.1 Å². The van der Waals surface area contributed by atoms with Crippen molar-refractivity contribution < 1.29 is 14.4 Å². The molecule has 3 aromatic rings. The lowest BCUT2D eigenvalue weighted by atomic mass is 9.92. The van der Waals surface area contributed by atoms with Gasteiger partial charge in [-0.1, -0.05) is 26.3 Å². The van der Waals surface area contributed by atoms with Gasteiger partial charge in [0.05, 0.1) is 24.0 Å². The van der Waals surface area contributed by atoms with Gasteiger partial charge in [0.25, 0.3) is 0 Å². The third-order valence-corrected chi connectivity index (χ3v) is 5.86. The lowest BCUT2D eigenvalue weighted by molar-refractivity contribution is -0.130. The van der Waals surface area contributed by atoms with E-state index >= 15 is 0 Å². The first kappa shape index (κ1) is 19.8. The topological polar surface area (TPSA) is 97.3 Å². The Bertz CT molecular complexity index is 1000. The molecule has 1 atom stereocenters. The molecule has 0 saturated carbocycles. The van der Waals surface area contributed by atoms with Crippen molar-refractivity contribution in [1.29, 1.82) is 0 Å². The molecule has 1 N–H and O–H groups in total. The van der Waals surface area contributed by atoms with Crippen molar-refractivity contribution in [2.24, 2.45) is 0 Å². The zero-order valence-corrected chi connectivity index (χ0v) is 17.7. The fourth-order valence-electron chi connectivity index (χ4n) is 3.69. The van der Waals surface area contributed by atoms with Gasteiger partial charge < -0.3 is 14.5 Å². The first-order chi connectivity index (χ1) is 13.9. The molecule has 9 heteroatoms.